The van der Waals surface area contributed by atoms with Crippen LogP contribution in [0.2, 0.25) is 0 Å². The molecule has 1 saturated carbocycles. The summed E-state index contributed by atoms with van der Waals surface area (Å²) in [6.45, 7) is 1.29. The average molecular weight is 217 g/mol. The lowest BCUT2D eigenvalue weighted by Gasteiger charge is -2.09. The molecule has 5 nitrogen and oxygen atoms in total. The first-order valence-electron chi connectivity index (χ1n) is 5.59. The zero-order valence-electron chi connectivity index (χ0n) is 9.08. The first kappa shape index (κ1) is 9.59. The van der Waals surface area contributed by atoms with E-state index in [9.17, 15) is 0 Å². The minimum atomic E-state index is 0.477. The van der Waals surface area contributed by atoms with Gasteiger partial charge in [-0.05, 0) is 12.8 Å². The average Bonchev–Trinajstić information content (AvgIpc) is 2.88. The summed E-state index contributed by atoms with van der Waals surface area (Å²) < 4.78 is 4.34. The second kappa shape index (κ2) is 3.75. The molecule has 0 amide bonds. The van der Waals surface area contributed by atoms with Gasteiger partial charge in [0, 0.05) is 24.6 Å². The Morgan fingerprint density at radius 2 is 2.31 bits per heavy atom. The Hall–Kier alpha value is -1.62. The lowest BCUT2D eigenvalue weighted by atomic mass is 10.4. The van der Waals surface area contributed by atoms with Crippen molar-refractivity contribution >= 4 is 0 Å². The van der Waals surface area contributed by atoms with E-state index in [0.717, 1.165) is 12.4 Å². The lowest BCUT2D eigenvalue weighted by molar-refractivity contribution is 0.637. The molecule has 0 spiro atoms. The first-order valence-corrected chi connectivity index (χ1v) is 5.59. The highest BCUT2D eigenvalue weighted by Crippen LogP contribution is 2.35. The summed E-state index contributed by atoms with van der Waals surface area (Å²) in [4.78, 5) is 8.43. The normalized spacial score (nSPS) is 15.6. The first-order chi connectivity index (χ1) is 7.88. The second-order valence-corrected chi connectivity index (χ2v) is 4.20. The Kier molecular flexibility index (Phi) is 2.25. The maximum atomic E-state index is 5.63. The molecule has 1 fully saturated rings. The molecule has 0 radical (unpaired) electrons. The van der Waals surface area contributed by atoms with Crippen molar-refractivity contribution in [3.8, 4) is 0 Å². The molecular weight excluding hydrogens is 202 g/mol. The Bertz CT molecular complexity index is 480. The van der Waals surface area contributed by atoms with E-state index in [0.29, 0.717) is 12.6 Å². The largest absolute Gasteiger partial charge is 0.330 e. The molecule has 3 rings (SSSR count). The maximum absolute atomic E-state index is 5.63. The van der Waals surface area contributed by atoms with E-state index in [1.54, 1.807) is 6.20 Å². The van der Waals surface area contributed by atoms with Crippen LogP contribution in [0.5, 0.6) is 0 Å². The molecule has 0 bridgehead atoms. The standard InChI is InChI=1S/C11H15N5/c12-5-11-14-3-4-15(11)7-10-6-13-8-16(10)9-1-2-9/h3-4,6,8-9H,1-2,5,7,12H2. The molecule has 0 unspecified atom stereocenters. The van der Waals surface area contributed by atoms with Crippen molar-refractivity contribution < 1.29 is 0 Å². The van der Waals surface area contributed by atoms with Crippen LogP contribution in [0.15, 0.2) is 24.9 Å². The van der Waals surface area contributed by atoms with Crippen LogP contribution < -0.4 is 5.73 Å². The Morgan fingerprint density at radius 3 is 3.06 bits per heavy atom. The molecule has 16 heavy (non-hydrogen) atoms. The minimum Gasteiger partial charge on any atom is -0.330 e. The summed E-state index contributed by atoms with van der Waals surface area (Å²) in [6.07, 6.45) is 10.2. The molecule has 84 valence electrons. The van der Waals surface area contributed by atoms with Gasteiger partial charge < -0.3 is 14.9 Å². The Morgan fingerprint density at radius 1 is 1.44 bits per heavy atom. The highest BCUT2D eigenvalue weighted by molar-refractivity contribution is 5.06. The van der Waals surface area contributed by atoms with Crippen LogP contribution >= 0.6 is 0 Å². The third-order valence-electron chi connectivity index (χ3n) is 3.00. The van der Waals surface area contributed by atoms with Crippen molar-refractivity contribution in [2.24, 2.45) is 5.73 Å². The van der Waals surface area contributed by atoms with Gasteiger partial charge in [0.05, 0.1) is 25.1 Å². The summed E-state index contributed by atoms with van der Waals surface area (Å²) in [7, 11) is 0. The van der Waals surface area contributed by atoms with Crippen molar-refractivity contribution in [3.05, 3.63) is 36.4 Å². The topological polar surface area (TPSA) is 61.7 Å². The second-order valence-electron chi connectivity index (χ2n) is 4.20. The van der Waals surface area contributed by atoms with E-state index in [1.165, 1.54) is 18.5 Å². The molecule has 5 heteroatoms. The summed E-state index contributed by atoms with van der Waals surface area (Å²) in [5.41, 5.74) is 6.86. The van der Waals surface area contributed by atoms with Crippen LogP contribution in [0, 0.1) is 0 Å². The van der Waals surface area contributed by atoms with Gasteiger partial charge in [-0.25, -0.2) is 9.97 Å². The summed E-state index contributed by atoms with van der Waals surface area (Å²) >= 11 is 0. The number of hydrogen-bond acceptors (Lipinski definition) is 3. The quantitative estimate of drug-likeness (QED) is 0.828. The Labute approximate surface area is 93.9 Å². The van der Waals surface area contributed by atoms with Crippen LogP contribution in [-0.2, 0) is 13.1 Å². The van der Waals surface area contributed by atoms with Gasteiger partial charge in [0.2, 0.25) is 0 Å². The van der Waals surface area contributed by atoms with E-state index in [1.807, 2.05) is 18.7 Å². The number of imidazole rings is 2. The number of aromatic nitrogens is 4. The molecule has 2 heterocycles. The van der Waals surface area contributed by atoms with Crippen LogP contribution in [-0.4, -0.2) is 19.1 Å². The van der Waals surface area contributed by atoms with Gasteiger partial charge in [-0.15, -0.1) is 0 Å². The highest BCUT2D eigenvalue weighted by Gasteiger charge is 2.25. The predicted octanol–water partition coefficient (Wildman–Crippen LogP) is 0.921. The van der Waals surface area contributed by atoms with E-state index < -0.39 is 0 Å². The smallest absolute Gasteiger partial charge is 0.122 e. The highest BCUT2D eigenvalue weighted by atomic mass is 15.1. The Balaban J connectivity index is 1.85. The van der Waals surface area contributed by atoms with E-state index in [-0.39, 0.29) is 0 Å². The van der Waals surface area contributed by atoms with Gasteiger partial charge >= 0.3 is 0 Å². The van der Waals surface area contributed by atoms with Crippen molar-refractivity contribution in [1.82, 2.24) is 19.1 Å². The van der Waals surface area contributed by atoms with E-state index in [4.69, 9.17) is 5.73 Å². The van der Waals surface area contributed by atoms with E-state index in [2.05, 4.69) is 19.1 Å². The van der Waals surface area contributed by atoms with Gasteiger partial charge in [-0.2, -0.15) is 0 Å². The van der Waals surface area contributed by atoms with Gasteiger partial charge in [0.15, 0.2) is 0 Å². The SMILES string of the molecule is NCc1nccn1Cc1cncn1C1CC1. The molecule has 0 atom stereocenters. The molecule has 2 N–H and O–H groups in total. The molecule has 1 aliphatic carbocycles. The van der Waals surface area contributed by atoms with Gasteiger partial charge in [0.25, 0.3) is 0 Å². The van der Waals surface area contributed by atoms with Crippen LogP contribution in [0.4, 0.5) is 0 Å². The molecule has 1 aliphatic rings. The third kappa shape index (κ3) is 1.63. The summed E-state index contributed by atoms with van der Waals surface area (Å²) in [6, 6.07) is 0.669. The lowest BCUT2D eigenvalue weighted by Crippen LogP contribution is -2.11. The molecule has 2 aromatic rings. The minimum absolute atomic E-state index is 0.477. The van der Waals surface area contributed by atoms with Gasteiger partial charge in [-0.1, -0.05) is 0 Å². The molecule has 2 aromatic heterocycles. The fourth-order valence-corrected chi connectivity index (χ4v) is 1.98. The van der Waals surface area contributed by atoms with Crippen LogP contribution in [0.25, 0.3) is 0 Å². The summed E-state index contributed by atoms with van der Waals surface area (Å²) in [5, 5.41) is 0. The molecule has 0 aromatic carbocycles. The zero-order valence-corrected chi connectivity index (χ0v) is 9.08. The number of nitrogens with two attached hydrogens (primary N) is 1. The maximum Gasteiger partial charge on any atom is 0.122 e. The van der Waals surface area contributed by atoms with Crippen molar-refractivity contribution in [1.29, 1.82) is 0 Å². The molecular formula is C11H15N5. The zero-order chi connectivity index (χ0) is 11.0. The molecule has 0 aliphatic heterocycles. The number of hydrogen-bond donors (Lipinski definition) is 1. The fourth-order valence-electron chi connectivity index (χ4n) is 1.98. The van der Waals surface area contributed by atoms with Crippen molar-refractivity contribution in [3.63, 3.8) is 0 Å². The van der Waals surface area contributed by atoms with Crippen LogP contribution in [0.3, 0.4) is 0 Å². The number of rotatable bonds is 4. The monoisotopic (exact) mass is 217 g/mol. The van der Waals surface area contributed by atoms with Gasteiger partial charge in [0.1, 0.15) is 5.82 Å². The molecule has 0 saturated heterocycles. The van der Waals surface area contributed by atoms with E-state index >= 15 is 0 Å². The predicted molar refractivity (Wildman–Crippen MR) is 59.7 cm³/mol. The fraction of sp³-hybridized carbons (Fsp3) is 0.455. The van der Waals surface area contributed by atoms with Crippen molar-refractivity contribution in [2.45, 2.75) is 32.0 Å². The van der Waals surface area contributed by atoms with Crippen LogP contribution in [0.1, 0.15) is 30.4 Å². The number of nitrogens with zero attached hydrogens (tertiary/aromatic N) is 4. The third-order valence-corrected chi connectivity index (χ3v) is 3.00. The van der Waals surface area contributed by atoms with Crippen molar-refractivity contribution in [2.75, 3.05) is 0 Å². The summed E-state index contributed by atoms with van der Waals surface area (Å²) in [5.74, 6) is 0.920. The van der Waals surface area contributed by atoms with Gasteiger partial charge in [-0.3, -0.25) is 0 Å².